The van der Waals surface area contributed by atoms with Crippen molar-refractivity contribution in [2.45, 2.75) is 32.8 Å². The predicted molar refractivity (Wildman–Crippen MR) is 80.2 cm³/mol. The number of aryl methyl sites for hydroxylation is 2. The number of nitrogens with zero attached hydrogens (tertiary/aromatic N) is 2. The standard InChI is InChI=1S/C15H19BrN2O/c1-10-14(11(2)18(3)17-10)9-13(19)8-12-6-4-5-7-15(12)16/h4-7,13,19H,8-9H2,1-3H3. The van der Waals surface area contributed by atoms with E-state index in [-0.39, 0.29) is 6.10 Å². The maximum atomic E-state index is 10.3. The molecule has 2 rings (SSSR count). The van der Waals surface area contributed by atoms with Crippen LogP contribution in [0, 0.1) is 13.8 Å². The zero-order valence-electron chi connectivity index (χ0n) is 11.5. The van der Waals surface area contributed by atoms with E-state index in [1.807, 2.05) is 49.8 Å². The van der Waals surface area contributed by atoms with Crippen molar-refractivity contribution < 1.29 is 5.11 Å². The SMILES string of the molecule is Cc1nn(C)c(C)c1CC(O)Cc1ccccc1Br. The maximum Gasteiger partial charge on any atom is 0.0629 e. The maximum absolute atomic E-state index is 10.3. The Balaban J connectivity index is 2.10. The summed E-state index contributed by atoms with van der Waals surface area (Å²) in [7, 11) is 1.94. The highest BCUT2D eigenvalue weighted by molar-refractivity contribution is 9.10. The molecule has 0 bridgehead atoms. The van der Waals surface area contributed by atoms with Gasteiger partial charge in [0.1, 0.15) is 0 Å². The normalized spacial score (nSPS) is 12.7. The predicted octanol–water partition coefficient (Wildman–Crippen LogP) is 2.95. The molecule has 0 fully saturated rings. The highest BCUT2D eigenvalue weighted by atomic mass is 79.9. The average Bonchev–Trinajstić information content (AvgIpc) is 2.59. The minimum Gasteiger partial charge on any atom is -0.392 e. The molecule has 1 unspecified atom stereocenters. The molecule has 0 amide bonds. The first-order chi connectivity index (χ1) is 8.99. The van der Waals surface area contributed by atoms with Gasteiger partial charge >= 0.3 is 0 Å². The molecule has 0 radical (unpaired) electrons. The third kappa shape index (κ3) is 3.25. The van der Waals surface area contributed by atoms with Gasteiger partial charge in [0.05, 0.1) is 11.8 Å². The molecule has 1 aromatic heterocycles. The van der Waals surface area contributed by atoms with Crippen molar-refractivity contribution in [1.82, 2.24) is 9.78 Å². The van der Waals surface area contributed by atoms with Gasteiger partial charge in [0.2, 0.25) is 0 Å². The lowest BCUT2D eigenvalue weighted by molar-refractivity contribution is 0.175. The summed E-state index contributed by atoms with van der Waals surface area (Å²) in [6.07, 6.45) is 0.905. The van der Waals surface area contributed by atoms with Crippen LogP contribution in [-0.4, -0.2) is 21.0 Å². The molecule has 1 N–H and O–H groups in total. The van der Waals surface area contributed by atoms with E-state index in [9.17, 15) is 5.11 Å². The van der Waals surface area contributed by atoms with Gasteiger partial charge in [0.15, 0.2) is 0 Å². The van der Waals surface area contributed by atoms with Gasteiger partial charge in [-0.2, -0.15) is 5.10 Å². The van der Waals surface area contributed by atoms with Crippen LogP contribution in [0.25, 0.3) is 0 Å². The third-order valence-corrected chi connectivity index (χ3v) is 4.29. The molecule has 1 heterocycles. The first kappa shape index (κ1) is 14.3. The number of aliphatic hydroxyl groups is 1. The van der Waals surface area contributed by atoms with Crippen molar-refractivity contribution in [1.29, 1.82) is 0 Å². The zero-order valence-corrected chi connectivity index (χ0v) is 13.1. The molecule has 1 atom stereocenters. The van der Waals surface area contributed by atoms with Crippen LogP contribution in [0.2, 0.25) is 0 Å². The summed E-state index contributed by atoms with van der Waals surface area (Å²) < 4.78 is 2.92. The van der Waals surface area contributed by atoms with Gasteiger partial charge in [-0.05, 0) is 37.5 Å². The summed E-state index contributed by atoms with van der Waals surface area (Å²) in [6, 6.07) is 8.02. The van der Waals surface area contributed by atoms with Gasteiger partial charge in [0, 0.05) is 23.6 Å². The second-order valence-corrected chi connectivity index (χ2v) is 5.78. The summed E-state index contributed by atoms with van der Waals surface area (Å²) in [4.78, 5) is 0. The average molecular weight is 323 g/mol. The number of benzene rings is 1. The minimum atomic E-state index is -0.389. The summed E-state index contributed by atoms with van der Waals surface area (Å²) in [5.41, 5.74) is 4.42. The van der Waals surface area contributed by atoms with Crippen LogP contribution in [0.15, 0.2) is 28.7 Å². The number of aromatic nitrogens is 2. The lowest BCUT2D eigenvalue weighted by atomic mass is 10.0. The van der Waals surface area contributed by atoms with Gasteiger partial charge in [-0.3, -0.25) is 4.68 Å². The molecular formula is C15H19BrN2O. The van der Waals surface area contributed by atoms with Crippen LogP contribution < -0.4 is 0 Å². The smallest absolute Gasteiger partial charge is 0.0629 e. The summed E-state index contributed by atoms with van der Waals surface area (Å²) in [6.45, 7) is 4.04. The summed E-state index contributed by atoms with van der Waals surface area (Å²) in [5.74, 6) is 0. The Kier molecular flexibility index (Phi) is 4.42. The lowest BCUT2D eigenvalue weighted by Crippen LogP contribution is -2.15. The van der Waals surface area contributed by atoms with Gasteiger partial charge in [-0.25, -0.2) is 0 Å². The van der Waals surface area contributed by atoms with Gasteiger partial charge in [-0.15, -0.1) is 0 Å². The molecule has 3 nitrogen and oxygen atoms in total. The van der Waals surface area contributed by atoms with Gasteiger partial charge in [-0.1, -0.05) is 34.1 Å². The molecule has 102 valence electrons. The van der Waals surface area contributed by atoms with Gasteiger partial charge < -0.3 is 5.11 Å². The fourth-order valence-corrected chi connectivity index (χ4v) is 2.79. The molecule has 0 saturated heterocycles. The van der Waals surface area contributed by atoms with Crippen molar-refractivity contribution in [3.8, 4) is 0 Å². The molecule has 0 aliphatic heterocycles. The molecular weight excluding hydrogens is 304 g/mol. The van der Waals surface area contributed by atoms with Crippen molar-refractivity contribution in [3.05, 3.63) is 51.3 Å². The largest absolute Gasteiger partial charge is 0.392 e. The Bertz CT molecular complexity index is 578. The van der Waals surface area contributed by atoms with Crippen LogP contribution >= 0.6 is 15.9 Å². The van der Waals surface area contributed by atoms with Crippen LogP contribution in [0.1, 0.15) is 22.5 Å². The summed E-state index contributed by atoms with van der Waals surface area (Å²) >= 11 is 3.52. The molecule has 0 spiro atoms. The Morgan fingerprint density at radius 2 is 1.95 bits per heavy atom. The molecule has 4 heteroatoms. The summed E-state index contributed by atoms with van der Waals surface area (Å²) in [5, 5.41) is 14.7. The Morgan fingerprint density at radius 3 is 2.53 bits per heavy atom. The van der Waals surface area contributed by atoms with E-state index in [1.54, 1.807) is 0 Å². The number of rotatable bonds is 4. The highest BCUT2D eigenvalue weighted by Crippen LogP contribution is 2.20. The molecule has 19 heavy (non-hydrogen) atoms. The van der Waals surface area contributed by atoms with Crippen molar-refractivity contribution >= 4 is 15.9 Å². The molecule has 1 aromatic carbocycles. The van der Waals surface area contributed by atoms with E-state index in [0.717, 1.165) is 27.0 Å². The quantitative estimate of drug-likeness (QED) is 0.939. The zero-order chi connectivity index (χ0) is 14.0. The number of halogens is 1. The van der Waals surface area contributed by atoms with Crippen molar-refractivity contribution in [2.75, 3.05) is 0 Å². The Morgan fingerprint density at radius 1 is 1.26 bits per heavy atom. The highest BCUT2D eigenvalue weighted by Gasteiger charge is 2.15. The third-order valence-electron chi connectivity index (χ3n) is 3.51. The number of aliphatic hydroxyl groups excluding tert-OH is 1. The fourth-order valence-electron chi connectivity index (χ4n) is 2.34. The monoisotopic (exact) mass is 322 g/mol. The van der Waals surface area contributed by atoms with Crippen LogP contribution in [0.3, 0.4) is 0 Å². The lowest BCUT2D eigenvalue weighted by Gasteiger charge is -2.12. The van der Waals surface area contributed by atoms with E-state index in [2.05, 4.69) is 21.0 Å². The van der Waals surface area contributed by atoms with E-state index >= 15 is 0 Å². The molecule has 0 saturated carbocycles. The van der Waals surface area contributed by atoms with Crippen molar-refractivity contribution in [3.63, 3.8) is 0 Å². The van der Waals surface area contributed by atoms with Crippen molar-refractivity contribution in [2.24, 2.45) is 7.05 Å². The first-order valence-electron chi connectivity index (χ1n) is 6.39. The van der Waals surface area contributed by atoms with Crippen LogP contribution in [0.5, 0.6) is 0 Å². The Hall–Kier alpha value is -1.13. The fraction of sp³-hybridized carbons (Fsp3) is 0.400. The Labute approximate surface area is 122 Å². The van der Waals surface area contributed by atoms with E-state index in [1.165, 1.54) is 0 Å². The van der Waals surface area contributed by atoms with E-state index in [0.29, 0.717) is 12.8 Å². The van der Waals surface area contributed by atoms with Gasteiger partial charge in [0.25, 0.3) is 0 Å². The molecule has 2 aromatic rings. The first-order valence-corrected chi connectivity index (χ1v) is 7.19. The second kappa shape index (κ2) is 5.88. The van der Waals surface area contributed by atoms with E-state index < -0.39 is 0 Å². The van der Waals surface area contributed by atoms with E-state index in [4.69, 9.17) is 0 Å². The van der Waals surface area contributed by atoms with Crippen LogP contribution in [-0.2, 0) is 19.9 Å². The number of hydrogen-bond donors (Lipinski definition) is 1. The molecule has 0 aliphatic carbocycles. The molecule has 0 aliphatic rings. The topological polar surface area (TPSA) is 38.0 Å². The van der Waals surface area contributed by atoms with Crippen LogP contribution in [0.4, 0.5) is 0 Å². The minimum absolute atomic E-state index is 0.389. The number of hydrogen-bond acceptors (Lipinski definition) is 2. The second-order valence-electron chi connectivity index (χ2n) is 4.93.